The van der Waals surface area contributed by atoms with Crippen LogP contribution in [0.5, 0.6) is 28.7 Å². The predicted octanol–water partition coefficient (Wildman–Crippen LogP) is 3.02. The van der Waals surface area contributed by atoms with Gasteiger partial charge in [-0.3, -0.25) is 4.79 Å². The molecular weight excluding hydrogens is 378 g/mol. The second-order valence-electron chi connectivity index (χ2n) is 6.61. The highest BCUT2D eigenvalue weighted by molar-refractivity contribution is 6.01. The zero-order valence-electron chi connectivity index (χ0n) is 16.4. The zero-order valence-corrected chi connectivity index (χ0v) is 16.4. The van der Waals surface area contributed by atoms with Gasteiger partial charge in [0.25, 0.3) is 5.91 Å². The van der Waals surface area contributed by atoms with Crippen LogP contribution in [0.4, 0.5) is 0 Å². The number of ether oxygens (including phenoxy) is 5. The van der Waals surface area contributed by atoms with Gasteiger partial charge in [0, 0.05) is 13.6 Å². The summed E-state index contributed by atoms with van der Waals surface area (Å²) in [5, 5.41) is 0. The number of rotatable bonds is 5. The molecule has 0 radical (unpaired) electrons. The van der Waals surface area contributed by atoms with Crippen LogP contribution in [-0.4, -0.2) is 50.9 Å². The van der Waals surface area contributed by atoms with E-state index in [0.29, 0.717) is 30.0 Å². The summed E-state index contributed by atoms with van der Waals surface area (Å²) in [6.07, 6.45) is 0.690. The fourth-order valence-corrected chi connectivity index (χ4v) is 3.41. The molecule has 0 fully saturated rings. The van der Waals surface area contributed by atoms with Crippen LogP contribution in [0.25, 0.3) is 0 Å². The minimum absolute atomic E-state index is 0.00364. The largest absolute Gasteiger partial charge is 0.493 e. The second kappa shape index (κ2) is 7.54. The summed E-state index contributed by atoms with van der Waals surface area (Å²) in [6.45, 7) is 2.55. The molecule has 0 aliphatic carbocycles. The third-order valence-electron chi connectivity index (χ3n) is 4.90. The van der Waals surface area contributed by atoms with Gasteiger partial charge in [-0.25, -0.2) is 4.79 Å². The molecule has 0 bridgehead atoms. The molecular formula is C21H21NO7. The fourth-order valence-electron chi connectivity index (χ4n) is 3.41. The topological polar surface area (TPSA) is 83.5 Å². The van der Waals surface area contributed by atoms with E-state index in [1.807, 2.05) is 6.07 Å². The van der Waals surface area contributed by atoms with Gasteiger partial charge in [0.05, 0.1) is 19.3 Å². The minimum atomic E-state index is -0.562. The Bertz CT molecular complexity index is 985. The first-order chi connectivity index (χ1) is 14.0. The quantitative estimate of drug-likeness (QED) is 0.715. The van der Waals surface area contributed by atoms with Crippen molar-refractivity contribution >= 4 is 11.9 Å². The molecule has 1 amide bonds. The van der Waals surface area contributed by atoms with E-state index in [0.717, 1.165) is 5.56 Å². The number of hydrogen-bond donors (Lipinski definition) is 0. The van der Waals surface area contributed by atoms with Crippen LogP contribution < -0.4 is 18.9 Å². The first-order valence-electron chi connectivity index (χ1n) is 9.28. The smallest absolute Gasteiger partial charge is 0.342 e. The fraction of sp³-hybridized carbons (Fsp3) is 0.333. The van der Waals surface area contributed by atoms with Crippen molar-refractivity contribution in [3.63, 3.8) is 0 Å². The molecule has 0 saturated carbocycles. The van der Waals surface area contributed by atoms with Gasteiger partial charge in [0.1, 0.15) is 5.56 Å². The molecule has 8 heteroatoms. The van der Waals surface area contributed by atoms with E-state index in [9.17, 15) is 9.59 Å². The van der Waals surface area contributed by atoms with Crippen LogP contribution in [0.1, 0.15) is 33.2 Å². The standard InChI is InChI=1S/C21H21NO7/c1-4-26-21(24)13-6-8-15-19(28-11-27-15)17(13)29-18-14(25-3)7-5-12-9-10-22(2)20(23)16(12)18/h5-8H,4,9-11H2,1-3H3. The Morgan fingerprint density at radius 1 is 1.17 bits per heavy atom. The number of methoxy groups -OCH3 is 1. The Balaban J connectivity index is 1.88. The first-order valence-corrected chi connectivity index (χ1v) is 9.28. The molecule has 8 nitrogen and oxygen atoms in total. The van der Waals surface area contributed by atoms with Gasteiger partial charge in [0.2, 0.25) is 12.5 Å². The molecule has 4 rings (SSSR count). The normalized spacial score (nSPS) is 14.4. The number of esters is 1. The molecule has 0 atom stereocenters. The zero-order chi connectivity index (χ0) is 20.5. The van der Waals surface area contributed by atoms with Gasteiger partial charge in [-0.2, -0.15) is 0 Å². The molecule has 2 aliphatic heterocycles. The van der Waals surface area contributed by atoms with Crippen molar-refractivity contribution in [3.8, 4) is 28.7 Å². The van der Waals surface area contributed by atoms with Gasteiger partial charge in [-0.05, 0) is 37.1 Å². The maximum atomic E-state index is 12.9. The Kier molecular flexibility index (Phi) is 4.92. The summed E-state index contributed by atoms with van der Waals surface area (Å²) in [5.74, 6) is 0.726. The van der Waals surface area contributed by atoms with Crippen LogP contribution in [-0.2, 0) is 11.2 Å². The van der Waals surface area contributed by atoms with E-state index in [4.69, 9.17) is 23.7 Å². The molecule has 2 aliphatic rings. The van der Waals surface area contributed by atoms with Gasteiger partial charge < -0.3 is 28.6 Å². The van der Waals surface area contributed by atoms with Gasteiger partial charge in [-0.15, -0.1) is 0 Å². The van der Waals surface area contributed by atoms with Gasteiger partial charge in [0.15, 0.2) is 23.0 Å². The highest BCUT2D eigenvalue weighted by atomic mass is 16.7. The number of nitrogens with zero attached hydrogens (tertiary/aromatic N) is 1. The molecule has 0 saturated heterocycles. The average Bonchev–Trinajstić information content (AvgIpc) is 3.20. The maximum Gasteiger partial charge on any atom is 0.342 e. The Morgan fingerprint density at radius 3 is 2.76 bits per heavy atom. The van der Waals surface area contributed by atoms with E-state index in [1.54, 1.807) is 37.1 Å². The van der Waals surface area contributed by atoms with E-state index in [1.165, 1.54) is 7.11 Å². The third-order valence-corrected chi connectivity index (χ3v) is 4.90. The Morgan fingerprint density at radius 2 is 2.00 bits per heavy atom. The highest BCUT2D eigenvalue weighted by Crippen LogP contribution is 2.48. The average molecular weight is 399 g/mol. The summed E-state index contributed by atoms with van der Waals surface area (Å²) in [6, 6.07) is 6.78. The molecule has 0 unspecified atom stereocenters. The Labute approximate surface area is 167 Å². The Hall–Kier alpha value is -3.42. The third kappa shape index (κ3) is 3.20. The lowest BCUT2D eigenvalue weighted by Crippen LogP contribution is -2.34. The summed E-state index contributed by atoms with van der Waals surface area (Å²) in [4.78, 5) is 27.0. The van der Waals surface area contributed by atoms with Crippen LogP contribution >= 0.6 is 0 Å². The van der Waals surface area contributed by atoms with Crippen LogP contribution in [0.3, 0.4) is 0 Å². The summed E-state index contributed by atoms with van der Waals surface area (Å²) in [7, 11) is 3.22. The van der Waals surface area contributed by atoms with E-state index in [2.05, 4.69) is 0 Å². The van der Waals surface area contributed by atoms with Crippen molar-refractivity contribution in [2.75, 3.05) is 34.1 Å². The molecule has 0 spiro atoms. The van der Waals surface area contributed by atoms with Crippen LogP contribution in [0, 0.1) is 0 Å². The minimum Gasteiger partial charge on any atom is -0.493 e. The number of carbonyl (C=O) groups is 2. The van der Waals surface area contributed by atoms with Crippen molar-refractivity contribution in [1.29, 1.82) is 0 Å². The van der Waals surface area contributed by atoms with Crippen molar-refractivity contribution < 1.29 is 33.3 Å². The molecule has 0 aromatic heterocycles. The lowest BCUT2D eigenvalue weighted by molar-refractivity contribution is 0.0522. The summed E-state index contributed by atoms with van der Waals surface area (Å²) >= 11 is 0. The van der Waals surface area contributed by atoms with Crippen molar-refractivity contribution in [2.24, 2.45) is 0 Å². The molecule has 152 valence electrons. The predicted molar refractivity (Wildman–Crippen MR) is 102 cm³/mol. The lowest BCUT2D eigenvalue weighted by Gasteiger charge is -2.27. The second-order valence-corrected chi connectivity index (χ2v) is 6.61. The van der Waals surface area contributed by atoms with E-state index < -0.39 is 5.97 Å². The lowest BCUT2D eigenvalue weighted by atomic mass is 9.97. The van der Waals surface area contributed by atoms with Gasteiger partial charge >= 0.3 is 5.97 Å². The molecule has 2 aromatic carbocycles. The maximum absolute atomic E-state index is 12.9. The van der Waals surface area contributed by atoms with Crippen molar-refractivity contribution in [1.82, 2.24) is 4.90 Å². The number of amides is 1. The monoisotopic (exact) mass is 399 g/mol. The summed E-state index contributed by atoms with van der Waals surface area (Å²) < 4.78 is 27.7. The first kappa shape index (κ1) is 18.9. The van der Waals surface area contributed by atoms with E-state index in [-0.39, 0.29) is 42.1 Å². The molecule has 2 heterocycles. The SMILES string of the molecule is CCOC(=O)c1ccc2c(c1Oc1c(OC)ccc3c1C(=O)N(C)CC3)OCO2. The van der Waals surface area contributed by atoms with Crippen molar-refractivity contribution in [3.05, 3.63) is 41.0 Å². The van der Waals surface area contributed by atoms with Crippen molar-refractivity contribution in [2.45, 2.75) is 13.3 Å². The number of likely N-dealkylation sites (N-methyl/N-ethyl adjacent to an activating group) is 1. The molecule has 2 aromatic rings. The molecule has 29 heavy (non-hydrogen) atoms. The van der Waals surface area contributed by atoms with E-state index >= 15 is 0 Å². The van der Waals surface area contributed by atoms with Gasteiger partial charge in [-0.1, -0.05) is 6.07 Å². The number of hydrogen-bond acceptors (Lipinski definition) is 7. The number of benzene rings is 2. The molecule has 0 N–H and O–H groups in total. The van der Waals surface area contributed by atoms with Crippen LogP contribution in [0.15, 0.2) is 24.3 Å². The van der Waals surface area contributed by atoms with Crippen LogP contribution in [0.2, 0.25) is 0 Å². The number of fused-ring (bicyclic) bond motifs is 2. The summed E-state index contributed by atoms with van der Waals surface area (Å²) in [5.41, 5.74) is 1.43. The highest BCUT2D eigenvalue weighted by Gasteiger charge is 2.32. The number of carbonyl (C=O) groups excluding carboxylic acids is 2.